The Hall–Kier alpha value is -2.01. The Bertz CT molecular complexity index is 494. The summed E-state index contributed by atoms with van der Waals surface area (Å²) in [5.41, 5.74) is 0.831. The molecule has 0 amide bonds. The van der Waals surface area contributed by atoms with Gasteiger partial charge in [-0.05, 0) is 37.2 Å². The number of ether oxygens (including phenoxy) is 2. The van der Waals surface area contributed by atoms with Crippen molar-refractivity contribution in [3.63, 3.8) is 0 Å². The first-order valence-electron chi connectivity index (χ1n) is 6.29. The summed E-state index contributed by atoms with van der Waals surface area (Å²) >= 11 is 0. The van der Waals surface area contributed by atoms with Crippen LogP contribution in [-0.4, -0.2) is 18.6 Å². The first kappa shape index (κ1) is 13.4. The van der Waals surface area contributed by atoms with Crippen molar-refractivity contribution in [2.75, 3.05) is 13.7 Å². The standard InChI is InChI=1S/C14H18N2O3/c1-3-8-15-9-11-10-18-14(16-11)19-13-6-4-12(17-2)5-7-13/h4-7,10,15H,3,8-9H2,1-2H3. The van der Waals surface area contributed by atoms with E-state index >= 15 is 0 Å². The van der Waals surface area contributed by atoms with E-state index in [1.807, 2.05) is 12.1 Å². The van der Waals surface area contributed by atoms with Gasteiger partial charge in [0.25, 0.3) is 0 Å². The van der Waals surface area contributed by atoms with Gasteiger partial charge >= 0.3 is 6.08 Å². The second-order valence-electron chi connectivity index (χ2n) is 4.06. The predicted molar refractivity (Wildman–Crippen MR) is 71.6 cm³/mol. The third-order valence-electron chi connectivity index (χ3n) is 2.53. The van der Waals surface area contributed by atoms with Crippen LogP contribution in [0, 0.1) is 0 Å². The minimum atomic E-state index is 0.249. The lowest BCUT2D eigenvalue weighted by Gasteiger charge is -2.02. The topological polar surface area (TPSA) is 56.5 Å². The van der Waals surface area contributed by atoms with Gasteiger partial charge in [-0.2, -0.15) is 4.98 Å². The van der Waals surface area contributed by atoms with Gasteiger partial charge in [0, 0.05) is 6.54 Å². The van der Waals surface area contributed by atoms with Crippen LogP contribution >= 0.6 is 0 Å². The molecular weight excluding hydrogens is 244 g/mol. The second-order valence-corrected chi connectivity index (χ2v) is 4.06. The molecule has 0 aliphatic carbocycles. The van der Waals surface area contributed by atoms with Crippen LogP contribution in [0.3, 0.4) is 0 Å². The fourth-order valence-electron chi connectivity index (χ4n) is 1.55. The average molecular weight is 262 g/mol. The molecule has 1 aromatic carbocycles. The van der Waals surface area contributed by atoms with E-state index in [1.165, 1.54) is 0 Å². The molecule has 0 atom stereocenters. The van der Waals surface area contributed by atoms with Crippen LogP contribution in [0.5, 0.6) is 17.6 Å². The Morgan fingerprint density at radius 3 is 2.63 bits per heavy atom. The number of nitrogens with zero attached hydrogens (tertiary/aromatic N) is 1. The van der Waals surface area contributed by atoms with Crippen molar-refractivity contribution in [1.29, 1.82) is 0 Å². The summed E-state index contributed by atoms with van der Waals surface area (Å²) in [7, 11) is 1.62. The van der Waals surface area contributed by atoms with Gasteiger partial charge in [-0.3, -0.25) is 0 Å². The molecule has 0 aliphatic rings. The van der Waals surface area contributed by atoms with Crippen molar-refractivity contribution in [3.8, 4) is 17.6 Å². The molecule has 0 saturated heterocycles. The van der Waals surface area contributed by atoms with Crippen LogP contribution in [0.15, 0.2) is 34.9 Å². The van der Waals surface area contributed by atoms with Crippen LogP contribution in [-0.2, 0) is 6.54 Å². The first-order valence-corrected chi connectivity index (χ1v) is 6.29. The highest BCUT2D eigenvalue weighted by molar-refractivity contribution is 5.32. The van der Waals surface area contributed by atoms with E-state index in [0.29, 0.717) is 12.3 Å². The Morgan fingerprint density at radius 2 is 1.95 bits per heavy atom. The van der Waals surface area contributed by atoms with E-state index in [4.69, 9.17) is 13.9 Å². The first-order chi connectivity index (χ1) is 9.31. The molecule has 0 bridgehead atoms. The minimum Gasteiger partial charge on any atom is -0.497 e. The van der Waals surface area contributed by atoms with Gasteiger partial charge in [0.15, 0.2) is 0 Å². The zero-order chi connectivity index (χ0) is 13.5. The monoisotopic (exact) mass is 262 g/mol. The van der Waals surface area contributed by atoms with Crippen molar-refractivity contribution in [2.24, 2.45) is 0 Å². The van der Waals surface area contributed by atoms with Crippen LogP contribution < -0.4 is 14.8 Å². The summed E-state index contributed by atoms with van der Waals surface area (Å²) in [5, 5.41) is 3.25. The van der Waals surface area contributed by atoms with E-state index < -0.39 is 0 Å². The fraction of sp³-hybridized carbons (Fsp3) is 0.357. The number of methoxy groups -OCH3 is 1. The zero-order valence-corrected chi connectivity index (χ0v) is 11.2. The summed E-state index contributed by atoms with van der Waals surface area (Å²) in [6.45, 7) is 3.76. The summed E-state index contributed by atoms with van der Waals surface area (Å²) in [4.78, 5) is 4.24. The molecule has 0 aliphatic heterocycles. The summed E-state index contributed by atoms with van der Waals surface area (Å²) < 4.78 is 15.8. The van der Waals surface area contributed by atoms with Crippen LogP contribution in [0.2, 0.25) is 0 Å². The maximum Gasteiger partial charge on any atom is 0.399 e. The number of hydrogen-bond acceptors (Lipinski definition) is 5. The van der Waals surface area contributed by atoms with Crippen molar-refractivity contribution in [1.82, 2.24) is 10.3 Å². The van der Waals surface area contributed by atoms with Crippen LogP contribution in [0.4, 0.5) is 0 Å². The number of rotatable bonds is 7. The molecule has 1 heterocycles. The number of nitrogens with one attached hydrogen (secondary N) is 1. The Labute approximate surface area is 112 Å². The van der Waals surface area contributed by atoms with Gasteiger partial charge in [-0.1, -0.05) is 6.92 Å². The highest BCUT2D eigenvalue weighted by Crippen LogP contribution is 2.23. The number of aromatic nitrogens is 1. The van der Waals surface area contributed by atoms with Crippen molar-refractivity contribution < 1.29 is 13.9 Å². The van der Waals surface area contributed by atoms with Gasteiger partial charge in [-0.15, -0.1) is 0 Å². The summed E-state index contributed by atoms with van der Waals surface area (Å²) in [6, 6.07) is 7.25. The molecular formula is C14H18N2O3. The number of benzene rings is 1. The maximum absolute atomic E-state index is 5.50. The normalized spacial score (nSPS) is 10.4. The van der Waals surface area contributed by atoms with Gasteiger partial charge in [-0.25, -0.2) is 0 Å². The lowest BCUT2D eigenvalue weighted by Crippen LogP contribution is -2.13. The molecule has 0 unspecified atom stereocenters. The van der Waals surface area contributed by atoms with Gasteiger partial charge < -0.3 is 19.2 Å². The molecule has 0 spiro atoms. The van der Waals surface area contributed by atoms with E-state index in [0.717, 1.165) is 24.4 Å². The SMILES string of the molecule is CCCNCc1coc(Oc2ccc(OC)cc2)n1. The van der Waals surface area contributed by atoms with Gasteiger partial charge in [0.2, 0.25) is 0 Å². The average Bonchev–Trinajstić information content (AvgIpc) is 2.88. The van der Waals surface area contributed by atoms with E-state index in [2.05, 4.69) is 17.2 Å². The molecule has 5 heteroatoms. The fourth-order valence-corrected chi connectivity index (χ4v) is 1.55. The Balaban J connectivity index is 1.91. The lowest BCUT2D eigenvalue weighted by atomic mass is 10.3. The maximum atomic E-state index is 5.50. The van der Waals surface area contributed by atoms with Crippen LogP contribution in [0.1, 0.15) is 19.0 Å². The molecule has 19 heavy (non-hydrogen) atoms. The molecule has 0 radical (unpaired) electrons. The Morgan fingerprint density at radius 1 is 1.21 bits per heavy atom. The highest BCUT2D eigenvalue weighted by Gasteiger charge is 2.06. The summed E-state index contributed by atoms with van der Waals surface area (Å²) in [6.07, 6.45) is 2.94. The predicted octanol–water partition coefficient (Wildman–Crippen LogP) is 2.98. The van der Waals surface area contributed by atoms with E-state index in [1.54, 1.807) is 25.5 Å². The molecule has 2 rings (SSSR count). The summed E-state index contributed by atoms with van der Waals surface area (Å²) in [5.74, 6) is 1.44. The number of hydrogen-bond donors (Lipinski definition) is 1. The molecule has 0 saturated carbocycles. The van der Waals surface area contributed by atoms with Crippen LogP contribution in [0.25, 0.3) is 0 Å². The highest BCUT2D eigenvalue weighted by atomic mass is 16.6. The quantitative estimate of drug-likeness (QED) is 0.777. The molecule has 1 N–H and O–H groups in total. The van der Waals surface area contributed by atoms with Crippen molar-refractivity contribution in [2.45, 2.75) is 19.9 Å². The lowest BCUT2D eigenvalue weighted by molar-refractivity contribution is 0.330. The van der Waals surface area contributed by atoms with Crippen molar-refractivity contribution >= 4 is 0 Å². The molecule has 5 nitrogen and oxygen atoms in total. The second kappa shape index (κ2) is 6.80. The smallest absolute Gasteiger partial charge is 0.399 e. The van der Waals surface area contributed by atoms with Gasteiger partial charge in [0.05, 0.1) is 12.8 Å². The molecule has 0 fully saturated rings. The zero-order valence-electron chi connectivity index (χ0n) is 11.2. The minimum absolute atomic E-state index is 0.249. The van der Waals surface area contributed by atoms with E-state index in [9.17, 15) is 0 Å². The Kier molecular flexibility index (Phi) is 4.80. The van der Waals surface area contributed by atoms with Gasteiger partial charge in [0.1, 0.15) is 17.8 Å². The third-order valence-corrected chi connectivity index (χ3v) is 2.53. The number of oxazole rings is 1. The molecule has 1 aromatic heterocycles. The molecule has 102 valence electrons. The van der Waals surface area contributed by atoms with E-state index in [-0.39, 0.29) is 6.08 Å². The third kappa shape index (κ3) is 3.99. The molecule has 2 aromatic rings. The van der Waals surface area contributed by atoms with Crippen molar-refractivity contribution in [3.05, 3.63) is 36.2 Å². The largest absolute Gasteiger partial charge is 0.497 e.